The first kappa shape index (κ1) is 66.5. The van der Waals surface area contributed by atoms with Crippen molar-refractivity contribution in [1.29, 1.82) is 0 Å². The number of nitrogens with one attached hydrogen (secondary N) is 2. The van der Waals surface area contributed by atoms with E-state index < -0.39 is 0 Å². The molecule has 7 heterocycles. The molecule has 0 amide bonds. The zero-order chi connectivity index (χ0) is 45.9. The van der Waals surface area contributed by atoms with E-state index in [1.807, 2.05) is 139 Å². The number of pyridine rings is 1. The molecule has 0 spiro atoms. The van der Waals surface area contributed by atoms with Crippen LogP contribution in [0.1, 0.15) is 59.4 Å². The lowest BCUT2D eigenvalue weighted by molar-refractivity contribution is 0.174. The maximum absolute atomic E-state index is 11.2. The summed E-state index contributed by atoms with van der Waals surface area (Å²) >= 11 is 3.46. The summed E-state index contributed by atoms with van der Waals surface area (Å²) in [5, 5.41) is 7.60. The maximum Gasteiger partial charge on any atom is 0.336 e. The van der Waals surface area contributed by atoms with Crippen molar-refractivity contribution in [3.63, 3.8) is 0 Å². The van der Waals surface area contributed by atoms with Crippen LogP contribution in [0.25, 0.3) is 64.0 Å². The van der Waals surface area contributed by atoms with Crippen LogP contribution >= 0.6 is 22.7 Å². The van der Waals surface area contributed by atoms with E-state index in [-0.39, 0.29) is 70.5 Å². The van der Waals surface area contributed by atoms with Crippen molar-refractivity contribution in [2.45, 2.75) is 59.4 Å². The number of aromatic amines is 2. The molecule has 0 atom stereocenters. The van der Waals surface area contributed by atoms with E-state index in [0.29, 0.717) is 12.4 Å². The topological polar surface area (TPSA) is 123 Å². The zero-order valence-electron chi connectivity index (χ0n) is 35.9. The Kier molecular flexibility index (Phi) is 30.8. The molecule has 1 aliphatic rings. The normalized spacial score (nSPS) is 9.55. The van der Waals surface area contributed by atoms with Gasteiger partial charge >= 0.3 is 5.63 Å². The van der Waals surface area contributed by atoms with Crippen molar-refractivity contribution in [2.75, 3.05) is 6.79 Å². The third-order valence-electron chi connectivity index (χ3n) is 9.90. The van der Waals surface area contributed by atoms with Gasteiger partial charge in [0.1, 0.15) is 11.2 Å². The smallest absolute Gasteiger partial charge is 0.336 e. The first-order chi connectivity index (χ1) is 33.1. The number of fused-ring (bicyclic) bond motifs is 7. The molecule has 0 saturated carbocycles. The number of benzene rings is 7. The van der Waals surface area contributed by atoms with Gasteiger partial charge in [0, 0.05) is 56.4 Å². The molecular formula is C64H75N3O6S2. The molecule has 75 heavy (non-hydrogen) atoms. The standard InChI is InChI=1S/C9H7NO.C9H6O2.C8H7N.C8H6O.C8H6S.C7H5NS.C7H6O2.8CH4/c11-9-5-6-10-8-4-2-1-3-7(8)9;10-9-6-5-7-3-1-2-4-8(7)11-9;3*1-2-4-8-7(3-1)5-6-9-8;2*1-2-4-7-6(3-1)8-5-9-7;;;;;;;;/h1-6H,(H,10,11);1-6H;1-6,9H;2*1-6H;1-5H;1-4H,5H2;8*1H4. The van der Waals surface area contributed by atoms with Gasteiger partial charge in [0.2, 0.25) is 6.79 Å². The summed E-state index contributed by atoms with van der Waals surface area (Å²) in [6, 6.07) is 66.1. The van der Waals surface area contributed by atoms with Crippen molar-refractivity contribution in [1.82, 2.24) is 15.0 Å². The molecule has 1 aliphatic heterocycles. The van der Waals surface area contributed by atoms with Crippen LogP contribution in [0.5, 0.6) is 11.5 Å². The summed E-state index contributed by atoms with van der Waals surface area (Å²) in [5.41, 5.74) is 6.42. The molecule has 11 heteroatoms. The fourth-order valence-corrected chi connectivity index (χ4v) is 8.06. The van der Waals surface area contributed by atoms with E-state index in [9.17, 15) is 9.59 Å². The average Bonchev–Trinajstić information content (AvgIpc) is 4.26. The Bertz CT molecular complexity index is 3260. The fourth-order valence-electron chi connectivity index (χ4n) is 6.59. The van der Waals surface area contributed by atoms with E-state index >= 15 is 0 Å². The summed E-state index contributed by atoms with van der Waals surface area (Å²) in [4.78, 5) is 32.1. The fraction of sp³-hybridized carbons (Fsp3) is 0.141. The molecule has 0 bridgehead atoms. The van der Waals surface area contributed by atoms with Crippen LogP contribution in [-0.2, 0) is 0 Å². The second-order valence-electron chi connectivity index (χ2n) is 14.3. The second kappa shape index (κ2) is 34.8. The third-order valence-corrected chi connectivity index (χ3v) is 11.6. The van der Waals surface area contributed by atoms with E-state index in [2.05, 4.69) is 74.9 Å². The van der Waals surface area contributed by atoms with Crippen molar-refractivity contribution in [3.05, 3.63) is 256 Å². The molecule has 14 rings (SSSR count). The Hall–Kier alpha value is -8.51. The van der Waals surface area contributed by atoms with Gasteiger partial charge in [0.25, 0.3) is 0 Å². The van der Waals surface area contributed by atoms with Crippen molar-refractivity contribution in [3.8, 4) is 11.5 Å². The Morgan fingerprint density at radius 1 is 0.427 bits per heavy atom. The number of hydrogen-bond donors (Lipinski definition) is 2. The van der Waals surface area contributed by atoms with Crippen LogP contribution in [0.2, 0.25) is 0 Å². The number of para-hydroxylation sites is 7. The number of aromatic nitrogens is 3. The molecule has 6 aromatic heterocycles. The number of thiazole rings is 1. The van der Waals surface area contributed by atoms with Crippen LogP contribution in [0.3, 0.4) is 0 Å². The van der Waals surface area contributed by atoms with E-state index in [1.54, 1.807) is 47.3 Å². The molecule has 394 valence electrons. The highest BCUT2D eigenvalue weighted by Crippen LogP contribution is 2.30. The van der Waals surface area contributed by atoms with Gasteiger partial charge in [-0.3, -0.25) is 4.79 Å². The number of hydrogen-bond acceptors (Lipinski definition) is 9. The number of furan rings is 1. The lowest BCUT2D eigenvalue weighted by Gasteiger charge is -1.92. The Morgan fingerprint density at radius 2 is 0.960 bits per heavy atom. The van der Waals surface area contributed by atoms with Crippen LogP contribution in [0, 0.1) is 0 Å². The zero-order valence-corrected chi connectivity index (χ0v) is 37.6. The van der Waals surface area contributed by atoms with Crippen LogP contribution in [-0.4, -0.2) is 21.7 Å². The highest BCUT2D eigenvalue weighted by molar-refractivity contribution is 7.17. The summed E-state index contributed by atoms with van der Waals surface area (Å²) in [7, 11) is 0. The van der Waals surface area contributed by atoms with Gasteiger partial charge in [-0.25, -0.2) is 9.78 Å². The van der Waals surface area contributed by atoms with Gasteiger partial charge in [-0.05, 0) is 101 Å². The Balaban J connectivity index is 0.000000838. The van der Waals surface area contributed by atoms with Crippen LogP contribution in [0.4, 0.5) is 0 Å². The Labute approximate surface area is 451 Å². The highest BCUT2D eigenvalue weighted by Gasteiger charge is 2.09. The summed E-state index contributed by atoms with van der Waals surface area (Å²) in [5.74, 6) is 1.69. The maximum atomic E-state index is 11.2. The van der Waals surface area contributed by atoms with Crippen LogP contribution in [0.15, 0.2) is 254 Å². The first-order valence-electron chi connectivity index (χ1n) is 21.1. The minimum Gasteiger partial charge on any atom is -0.464 e. The minimum atomic E-state index is -0.302. The van der Waals surface area contributed by atoms with E-state index in [1.165, 1.54) is 37.8 Å². The third kappa shape index (κ3) is 19.1. The van der Waals surface area contributed by atoms with Gasteiger partial charge in [0.05, 0.1) is 22.0 Å². The predicted octanol–water partition coefficient (Wildman–Crippen LogP) is 19.6. The molecule has 0 aliphatic carbocycles. The average molecular weight is 1050 g/mol. The van der Waals surface area contributed by atoms with E-state index in [0.717, 1.165) is 44.3 Å². The Morgan fingerprint density at radius 3 is 1.61 bits per heavy atom. The monoisotopic (exact) mass is 1050 g/mol. The largest absolute Gasteiger partial charge is 0.464 e. The molecule has 0 saturated heterocycles. The van der Waals surface area contributed by atoms with E-state index in [4.69, 9.17) is 18.3 Å². The van der Waals surface area contributed by atoms with Gasteiger partial charge in [-0.15, -0.1) is 22.7 Å². The second-order valence-corrected chi connectivity index (χ2v) is 16.2. The molecule has 7 aromatic carbocycles. The van der Waals surface area contributed by atoms with Gasteiger partial charge in [0.15, 0.2) is 16.9 Å². The number of ether oxygens (including phenoxy) is 2. The van der Waals surface area contributed by atoms with Gasteiger partial charge in [-0.2, -0.15) is 0 Å². The highest BCUT2D eigenvalue weighted by atomic mass is 32.1. The molecular weight excluding hydrogens is 971 g/mol. The molecule has 9 nitrogen and oxygen atoms in total. The van der Waals surface area contributed by atoms with Crippen LogP contribution < -0.4 is 20.5 Å². The minimum absolute atomic E-state index is 0. The summed E-state index contributed by atoms with van der Waals surface area (Å²) < 4.78 is 22.8. The molecule has 0 fully saturated rings. The lowest BCUT2D eigenvalue weighted by Crippen LogP contribution is -1.98. The number of H-pyrrole nitrogens is 2. The molecule has 0 radical (unpaired) electrons. The predicted molar refractivity (Wildman–Crippen MR) is 329 cm³/mol. The summed E-state index contributed by atoms with van der Waals surface area (Å²) in [6.07, 6.45) is 5.31. The van der Waals surface area contributed by atoms with Crippen molar-refractivity contribution in [2.24, 2.45) is 0 Å². The quantitative estimate of drug-likeness (QED) is 0.145. The van der Waals surface area contributed by atoms with Gasteiger partial charge < -0.3 is 28.3 Å². The number of thiophene rings is 1. The molecule has 2 N–H and O–H groups in total. The molecule has 13 aromatic rings. The first-order valence-corrected chi connectivity index (χ1v) is 22.9. The molecule has 0 unspecified atom stereocenters. The van der Waals surface area contributed by atoms with Crippen molar-refractivity contribution >= 4 is 86.7 Å². The van der Waals surface area contributed by atoms with Gasteiger partial charge in [-0.1, -0.05) is 169 Å². The number of rotatable bonds is 0. The summed E-state index contributed by atoms with van der Waals surface area (Å²) in [6.45, 7) is 0.360. The SMILES string of the molecule is C.C.C.C.C.C.C.C.O=c1cc[nH]c2ccccc12.O=c1ccc2ccccc2o1.c1ccc2[nH]ccc2c1.c1ccc2c(c1)OCO2.c1ccc2occc2c1.c1ccc2sccc2c1.c1ccc2scnc2c1. The number of nitrogens with zero attached hydrogens (tertiary/aromatic N) is 1. The lowest BCUT2D eigenvalue weighted by atomic mass is 10.2. The van der Waals surface area contributed by atoms with Crippen molar-refractivity contribution < 1.29 is 18.3 Å².